The molecule has 1 heterocycles. The van der Waals surface area contributed by atoms with Crippen molar-refractivity contribution in [2.75, 3.05) is 6.61 Å². The maximum Gasteiger partial charge on any atom is 0.326 e. The Morgan fingerprint density at radius 1 is 1.11 bits per heavy atom. The molecule has 6 heteroatoms. The quantitative estimate of drug-likeness (QED) is 0.394. The van der Waals surface area contributed by atoms with Crippen molar-refractivity contribution >= 4 is 23.1 Å². The van der Waals surface area contributed by atoms with Crippen LogP contribution in [0.15, 0.2) is 52.6 Å². The fraction of sp³-hybridized carbons (Fsp3) is 0.190. The summed E-state index contributed by atoms with van der Waals surface area (Å²) in [6.07, 6.45) is 0.865. The molecule has 0 saturated carbocycles. The minimum atomic E-state index is -0.599. The standard InChI is InChI=1S/C21H17NO4S/c1-13-12-27-21(25)22(13)10-20(24)26-11-19(23)16-7-6-15-8-14-4-2-3-5-17(14)18(15)9-16/h2-7,9,12H,8,10-11H2,1H3. The van der Waals surface area contributed by atoms with E-state index in [-0.39, 0.29) is 23.8 Å². The van der Waals surface area contributed by atoms with Crippen LogP contribution < -0.4 is 4.87 Å². The van der Waals surface area contributed by atoms with Gasteiger partial charge in [0.15, 0.2) is 12.4 Å². The number of ether oxygens (including phenoxy) is 1. The lowest BCUT2D eigenvalue weighted by atomic mass is 10.0. The summed E-state index contributed by atoms with van der Waals surface area (Å²) < 4.78 is 6.42. The van der Waals surface area contributed by atoms with Crippen LogP contribution in [0.1, 0.15) is 27.2 Å². The first kappa shape index (κ1) is 17.4. The molecule has 0 bridgehead atoms. The molecular formula is C21H17NO4S. The van der Waals surface area contributed by atoms with Gasteiger partial charge in [-0.1, -0.05) is 47.7 Å². The zero-order chi connectivity index (χ0) is 19.0. The predicted octanol–water partition coefficient (Wildman–Crippen LogP) is 3.22. The van der Waals surface area contributed by atoms with Crippen LogP contribution in [0.4, 0.5) is 0 Å². The number of carbonyl (C=O) groups is 2. The number of benzene rings is 2. The van der Waals surface area contributed by atoms with Gasteiger partial charge in [0, 0.05) is 16.6 Å². The number of thiazole rings is 1. The highest BCUT2D eigenvalue weighted by Crippen LogP contribution is 2.36. The highest BCUT2D eigenvalue weighted by atomic mass is 32.1. The van der Waals surface area contributed by atoms with E-state index in [1.807, 2.05) is 24.3 Å². The summed E-state index contributed by atoms with van der Waals surface area (Å²) in [6, 6.07) is 13.7. The molecule has 0 fully saturated rings. The van der Waals surface area contributed by atoms with Crippen LogP contribution in [0.2, 0.25) is 0 Å². The summed E-state index contributed by atoms with van der Waals surface area (Å²) in [5, 5.41) is 1.68. The second kappa shape index (κ2) is 6.96. The van der Waals surface area contributed by atoms with E-state index in [2.05, 4.69) is 12.1 Å². The SMILES string of the molecule is Cc1csc(=O)n1CC(=O)OCC(=O)c1ccc2c(c1)-c1ccccc1C2. The van der Waals surface area contributed by atoms with Gasteiger partial charge in [-0.05, 0) is 41.7 Å². The fourth-order valence-corrected chi connectivity index (χ4v) is 4.03. The lowest BCUT2D eigenvalue weighted by Gasteiger charge is -2.07. The molecule has 5 nitrogen and oxygen atoms in total. The lowest BCUT2D eigenvalue weighted by Crippen LogP contribution is -2.24. The summed E-state index contributed by atoms with van der Waals surface area (Å²) in [5.41, 5.74) is 5.86. The third kappa shape index (κ3) is 3.36. The monoisotopic (exact) mass is 379 g/mol. The van der Waals surface area contributed by atoms with Crippen molar-refractivity contribution in [2.24, 2.45) is 0 Å². The molecule has 0 unspecified atom stereocenters. The average molecular weight is 379 g/mol. The number of hydrogen-bond acceptors (Lipinski definition) is 5. The van der Waals surface area contributed by atoms with Crippen LogP contribution in [0.25, 0.3) is 11.1 Å². The largest absolute Gasteiger partial charge is 0.456 e. The van der Waals surface area contributed by atoms with E-state index in [9.17, 15) is 14.4 Å². The van der Waals surface area contributed by atoms with E-state index in [4.69, 9.17) is 4.74 Å². The minimum Gasteiger partial charge on any atom is -0.456 e. The summed E-state index contributed by atoms with van der Waals surface area (Å²) in [5.74, 6) is -0.858. The van der Waals surface area contributed by atoms with Gasteiger partial charge in [-0.25, -0.2) is 0 Å². The van der Waals surface area contributed by atoms with Gasteiger partial charge in [0.05, 0.1) is 0 Å². The predicted molar refractivity (Wildman–Crippen MR) is 103 cm³/mol. The maximum atomic E-state index is 12.5. The number of fused-ring (bicyclic) bond motifs is 3. The van der Waals surface area contributed by atoms with Crippen LogP contribution >= 0.6 is 11.3 Å². The van der Waals surface area contributed by atoms with Gasteiger partial charge in [0.2, 0.25) is 0 Å². The van der Waals surface area contributed by atoms with Gasteiger partial charge in [0.25, 0.3) is 0 Å². The van der Waals surface area contributed by atoms with Crippen LogP contribution in [-0.4, -0.2) is 22.9 Å². The van der Waals surface area contributed by atoms with Gasteiger partial charge < -0.3 is 4.74 Å². The van der Waals surface area contributed by atoms with Crippen molar-refractivity contribution in [1.29, 1.82) is 0 Å². The number of Topliss-reactive ketones (excluding diaryl/α,β-unsaturated/α-hetero) is 1. The summed E-state index contributed by atoms with van der Waals surface area (Å²) in [6.45, 7) is 1.23. The fourth-order valence-electron chi connectivity index (χ4n) is 3.30. The number of esters is 1. The number of nitrogens with zero attached hydrogens (tertiary/aromatic N) is 1. The molecule has 0 saturated heterocycles. The van der Waals surface area contributed by atoms with Crippen molar-refractivity contribution in [1.82, 2.24) is 4.57 Å². The van der Waals surface area contributed by atoms with E-state index in [0.29, 0.717) is 11.3 Å². The highest BCUT2D eigenvalue weighted by molar-refractivity contribution is 7.07. The van der Waals surface area contributed by atoms with Crippen LogP contribution in [0.3, 0.4) is 0 Å². The molecule has 0 radical (unpaired) electrons. The average Bonchev–Trinajstić information content (AvgIpc) is 3.20. The lowest BCUT2D eigenvalue weighted by molar-refractivity contribution is -0.143. The maximum absolute atomic E-state index is 12.5. The number of hydrogen-bond donors (Lipinski definition) is 0. The van der Waals surface area contributed by atoms with E-state index < -0.39 is 5.97 Å². The van der Waals surface area contributed by atoms with Crippen molar-refractivity contribution < 1.29 is 14.3 Å². The van der Waals surface area contributed by atoms with Crippen LogP contribution in [0, 0.1) is 6.92 Å². The Hall–Kier alpha value is -2.99. The number of carbonyl (C=O) groups excluding carboxylic acids is 2. The van der Waals surface area contributed by atoms with Crippen molar-refractivity contribution in [3.05, 3.63) is 79.9 Å². The highest BCUT2D eigenvalue weighted by Gasteiger charge is 2.20. The molecule has 4 rings (SSSR count). The minimum absolute atomic E-state index is 0.182. The Morgan fingerprint density at radius 2 is 1.89 bits per heavy atom. The Bertz CT molecular complexity index is 1110. The zero-order valence-electron chi connectivity index (χ0n) is 14.7. The molecule has 1 aliphatic rings. The summed E-state index contributed by atoms with van der Waals surface area (Å²) in [7, 11) is 0. The Morgan fingerprint density at radius 3 is 2.67 bits per heavy atom. The van der Waals surface area contributed by atoms with Crippen molar-refractivity contribution in [2.45, 2.75) is 19.9 Å². The third-order valence-corrected chi connectivity index (χ3v) is 5.63. The Kier molecular flexibility index (Phi) is 4.49. The van der Waals surface area contributed by atoms with Gasteiger partial charge in [0.1, 0.15) is 6.54 Å². The first-order chi connectivity index (χ1) is 13.0. The molecule has 136 valence electrons. The molecule has 0 atom stereocenters. The normalized spacial score (nSPS) is 11.7. The smallest absolute Gasteiger partial charge is 0.326 e. The summed E-state index contributed by atoms with van der Waals surface area (Å²) >= 11 is 1.03. The van der Waals surface area contributed by atoms with Crippen molar-refractivity contribution in [3.63, 3.8) is 0 Å². The van der Waals surface area contributed by atoms with Gasteiger partial charge in [-0.15, -0.1) is 0 Å². The Labute approximate surface area is 159 Å². The first-order valence-electron chi connectivity index (χ1n) is 8.58. The molecule has 0 spiro atoms. The molecule has 0 N–H and O–H groups in total. The third-order valence-electron chi connectivity index (χ3n) is 4.75. The van der Waals surface area contributed by atoms with Gasteiger partial charge in [-0.2, -0.15) is 0 Å². The number of rotatable bonds is 5. The second-order valence-corrected chi connectivity index (χ2v) is 7.34. The molecule has 3 aromatic rings. The molecule has 0 amide bonds. The second-order valence-electron chi connectivity index (χ2n) is 6.52. The number of aromatic nitrogens is 1. The summed E-state index contributed by atoms with van der Waals surface area (Å²) in [4.78, 5) is 35.9. The molecule has 1 aliphatic carbocycles. The first-order valence-corrected chi connectivity index (χ1v) is 9.46. The molecule has 0 aliphatic heterocycles. The zero-order valence-corrected chi connectivity index (χ0v) is 15.5. The molecule has 1 aromatic heterocycles. The number of ketones is 1. The Balaban J connectivity index is 1.44. The van der Waals surface area contributed by atoms with Crippen LogP contribution in [-0.2, 0) is 22.5 Å². The van der Waals surface area contributed by atoms with Gasteiger partial charge in [-0.3, -0.25) is 19.0 Å². The molecule has 2 aromatic carbocycles. The molecule has 27 heavy (non-hydrogen) atoms. The topological polar surface area (TPSA) is 65.4 Å². The van der Waals surface area contributed by atoms with Gasteiger partial charge >= 0.3 is 10.8 Å². The van der Waals surface area contributed by atoms with E-state index >= 15 is 0 Å². The van der Waals surface area contributed by atoms with Crippen LogP contribution in [0.5, 0.6) is 0 Å². The van der Waals surface area contributed by atoms with E-state index in [0.717, 1.165) is 28.9 Å². The van der Waals surface area contributed by atoms with E-state index in [1.165, 1.54) is 15.7 Å². The van der Waals surface area contributed by atoms with E-state index in [1.54, 1.807) is 18.4 Å². The molecular weight excluding hydrogens is 362 g/mol. The number of aryl methyl sites for hydroxylation is 1. The van der Waals surface area contributed by atoms with Crippen molar-refractivity contribution in [3.8, 4) is 11.1 Å².